The summed E-state index contributed by atoms with van der Waals surface area (Å²) in [7, 11) is 0. The van der Waals surface area contributed by atoms with Gasteiger partial charge in [0, 0.05) is 10.6 Å². The van der Waals surface area contributed by atoms with Crippen LogP contribution in [0.4, 0.5) is 5.69 Å². The van der Waals surface area contributed by atoms with Crippen molar-refractivity contribution in [3.63, 3.8) is 0 Å². The number of benzene rings is 1. The summed E-state index contributed by atoms with van der Waals surface area (Å²) >= 11 is 4.82. The van der Waals surface area contributed by atoms with E-state index >= 15 is 0 Å². The monoisotopic (exact) mass is 269 g/mol. The maximum atomic E-state index is 5.79. The van der Waals surface area contributed by atoms with Gasteiger partial charge in [0.2, 0.25) is 0 Å². The van der Waals surface area contributed by atoms with Crippen LogP contribution in [0, 0.1) is 6.92 Å². The highest BCUT2D eigenvalue weighted by molar-refractivity contribution is 8.03. The van der Waals surface area contributed by atoms with Crippen molar-refractivity contribution < 1.29 is 0 Å². The van der Waals surface area contributed by atoms with Crippen LogP contribution in [0.1, 0.15) is 5.56 Å². The molecule has 0 atom stereocenters. The zero-order chi connectivity index (χ0) is 11.5. The van der Waals surface area contributed by atoms with Crippen LogP contribution in [-0.4, -0.2) is 16.5 Å². The van der Waals surface area contributed by atoms with E-state index in [2.05, 4.69) is 16.3 Å². The van der Waals surface area contributed by atoms with Gasteiger partial charge in [-0.1, -0.05) is 34.9 Å². The first-order chi connectivity index (χ1) is 7.67. The van der Waals surface area contributed by atoms with E-state index in [9.17, 15) is 0 Å². The van der Waals surface area contributed by atoms with Crippen LogP contribution in [0.5, 0.6) is 0 Å². The van der Waals surface area contributed by atoms with Crippen molar-refractivity contribution in [2.75, 3.05) is 12.0 Å². The van der Waals surface area contributed by atoms with Crippen molar-refractivity contribution in [1.82, 2.24) is 10.2 Å². The Balaban J connectivity index is 2.19. The number of nitrogens with two attached hydrogens (primary N) is 1. The highest BCUT2D eigenvalue weighted by Crippen LogP contribution is 2.33. The van der Waals surface area contributed by atoms with Crippen LogP contribution in [0.3, 0.4) is 0 Å². The zero-order valence-electron chi connectivity index (χ0n) is 8.93. The minimum absolute atomic E-state index is 0.789. The van der Waals surface area contributed by atoms with E-state index in [0.717, 1.165) is 24.8 Å². The molecule has 84 valence electrons. The molecule has 0 aliphatic heterocycles. The van der Waals surface area contributed by atoms with Gasteiger partial charge in [0.1, 0.15) is 0 Å². The van der Waals surface area contributed by atoms with Crippen LogP contribution in [0.2, 0.25) is 0 Å². The van der Waals surface area contributed by atoms with Gasteiger partial charge in [-0.15, -0.1) is 10.2 Å². The first-order valence-electron chi connectivity index (χ1n) is 4.60. The molecule has 0 saturated heterocycles. The van der Waals surface area contributed by atoms with E-state index in [1.807, 2.05) is 25.3 Å². The Morgan fingerprint density at radius 3 is 2.56 bits per heavy atom. The van der Waals surface area contributed by atoms with Crippen molar-refractivity contribution in [3.05, 3.63) is 23.8 Å². The molecule has 0 unspecified atom stereocenters. The summed E-state index contributed by atoms with van der Waals surface area (Å²) in [6.07, 6.45) is 2.00. The van der Waals surface area contributed by atoms with Crippen LogP contribution in [0.15, 0.2) is 31.8 Å². The average molecular weight is 269 g/mol. The normalized spacial score (nSPS) is 10.6. The lowest BCUT2D eigenvalue weighted by atomic mass is 10.2. The molecule has 0 saturated carbocycles. The van der Waals surface area contributed by atoms with E-state index in [1.165, 1.54) is 0 Å². The van der Waals surface area contributed by atoms with Gasteiger partial charge in [-0.3, -0.25) is 0 Å². The minimum Gasteiger partial charge on any atom is -0.399 e. The lowest BCUT2D eigenvalue weighted by Crippen LogP contribution is -1.86. The summed E-state index contributed by atoms with van der Waals surface area (Å²) in [6, 6.07) is 6.01. The predicted molar refractivity (Wildman–Crippen MR) is 71.4 cm³/mol. The number of hydrogen-bond donors (Lipinski definition) is 1. The minimum atomic E-state index is 0.789. The molecule has 0 aliphatic carbocycles. The third-order valence-corrected chi connectivity index (χ3v) is 4.76. The van der Waals surface area contributed by atoms with Crippen LogP contribution >= 0.6 is 34.9 Å². The number of anilines is 1. The number of nitrogens with zero attached hydrogens (tertiary/aromatic N) is 2. The molecule has 3 nitrogen and oxygen atoms in total. The van der Waals surface area contributed by atoms with Gasteiger partial charge in [0.15, 0.2) is 8.68 Å². The molecule has 0 fully saturated rings. The van der Waals surface area contributed by atoms with Crippen LogP contribution in [-0.2, 0) is 0 Å². The van der Waals surface area contributed by atoms with Crippen LogP contribution in [0.25, 0.3) is 0 Å². The van der Waals surface area contributed by atoms with Crippen LogP contribution < -0.4 is 5.73 Å². The molecular formula is C10H11N3S3. The molecule has 0 radical (unpaired) electrons. The van der Waals surface area contributed by atoms with Gasteiger partial charge in [-0.05, 0) is 36.9 Å². The topological polar surface area (TPSA) is 51.8 Å². The second-order valence-corrected chi connectivity index (χ2v) is 6.57. The average Bonchev–Trinajstić information content (AvgIpc) is 2.64. The Kier molecular flexibility index (Phi) is 3.73. The number of aromatic nitrogens is 2. The van der Waals surface area contributed by atoms with E-state index in [0.29, 0.717) is 0 Å². The summed E-state index contributed by atoms with van der Waals surface area (Å²) in [5, 5.41) is 8.17. The molecule has 0 aliphatic rings. The van der Waals surface area contributed by atoms with E-state index < -0.39 is 0 Å². The molecule has 6 heteroatoms. The van der Waals surface area contributed by atoms with E-state index in [4.69, 9.17) is 5.73 Å². The number of rotatable bonds is 3. The number of aryl methyl sites for hydroxylation is 1. The highest BCUT2D eigenvalue weighted by atomic mass is 32.2. The van der Waals surface area contributed by atoms with Gasteiger partial charge in [0.05, 0.1) is 0 Å². The molecule has 0 bridgehead atoms. The Morgan fingerprint density at radius 2 is 1.94 bits per heavy atom. The lowest BCUT2D eigenvalue weighted by molar-refractivity contribution is 0.955. The third-order valence-electron chi connectivity index (χ3n) is 1.84. The fraction of sp³-hybridized carbons (Fsp3) is 0.200. The first-order valence-corrected chi connectivity index (χ1v) is 7.45. The fourth-order valence-electron chi connectivity index (χ4n) is 1.26. The molecule has 1 aromatic heterocycles. The molecule has 16 heavy (non-hydrogen) atoms. The molecular weight excluding hydrogens is 258 g/mol. The first kappa shape index (κ1) is 11.8. The summed E-state index contributed by atoms with van der Waals surface area (Å²) in [5.41, 5.74) is 7.75. The van der Waals surface area contributed by atoms with E-state index in [1.54, 1.807) is 34.9 Å². The largest absolute Gasteiger partial charge is 0.399 e. The predicted octanol–water partition coefficient (Wildman–Crippen LogP) is 3.30. The summed E-state index contributed by atoms with van der Waals surface area (Å²) in [6.45, 7) is 2.04. The molecule has 2 aromatic rings. The van der Waals surface area contributed by atoms with Gasteiger partial charge in [-0.2, -0.15) is 0 Å². The Bertz CT molecular complexity index is 476. The van der Waals surface area contributed by atoms with Gasteiger partial charge < -0.3 is 5.73 Å². The fourth-order valence-corrected chi connectivity index (χ4v) is 3.84. The summed E-state index contributed by atoms with van der Waals surface area (Å²) < 4.78 is 1.94. The lowest BCUT2D eigenvalue weighted by Gasteiger charge is -2.01. The number of thioether (sulfide) groups is 1. The Morgan fingerprint density at radius 1 is 1.19 bits per heavy atom. The molecule has 0 amide bonds. The Hall–Kier alpha value is -0.720. The zero-order valence-corrected chi connectivity index (χ0v) is 11.4. The molecule has 0 spiro atoms. The molecule has 2 N–H and O–H groups in total. The molecule has 2 rings (SSSR count). The quantitative estimate of drug-likeness (QED) is 0.684. The van der Waals surface area contributed by atoms with Gasteiger partial charge in [-0.25, -0.2) is 0 Å². The van der Waals surface area contributed by atoms with Gasteiger partial charge >= 0.3 is 0 Å². The molecule has 1 heterocycles. The Labute approximate surface area is 107 Å². The number of hydrogen-bond acceptors (Lipinski definition) is 6. The van der Waals surface area contributed by atoms with Gasteiger partial charge in [0.25, 0.3) is 0 Å². The van der Waals surface area contributed by atoms with E-state index in [-0.39, 0.29) is 0 Å². The van der Waals surface area contributed by atoms with Crippen molar-refractivity contribution in [2.45, 2.75) is 20.5 Å². The summed E-state index contributed by atoms with van der Waals surface area (Å²) in [5.74, 6) is 0. The van der Waals surface area contributed by atoms with Crippen molar-refractivity contribution in [3.8, 4) is 0 Å². The van der Waals surface area contributed by atoms with Crippen molar-refractivity contribution >= 4 is 40.5 Å². The second-order valence-electron chi connectivity index (χ2n) is 3.22. The highest BCUT2D eigenvalue weighted by Gasteiger charge is 2.05. The summed E-state index contributed by atoms with van der Waals surface area (Å²) in [4.78, 5) is 1.11. The smallest absolute Gasteiger partial charge is 0.179 e. The SMILES string of the molecule is CSc1nnc(Sc2cc(C)cc(N)c2)s1. The standard InChI is InChI=1S/C10H11N3S3/c1-6-3-7(11)5-8(4-6)15-10-13-12-9(14-2)16-10/h3-5H,11H2,1-2H3. The maximum Gasteiger partial charge on any atom is 0.179 e. The van der Waals surface area contributed by atoms with Crippen molar-refractivity contribution in [2.24, 2.45) is 0 Å². The molecule has 1 aromatic carbocycles. The number of nitrogen functional groups attached to an aromatic ring is 1. The van der Waals surface area contributed by atoms with Crippen molar-refractivity contribution in [1.29, 1.82) is 0 Å². The second kappa shape index (κ2) is 5.07. The maximum absolute atomic E-state index is 5.79. The third kappa shape index (κ3) is 2.90.